The summed E-state index contributed by atoms with van der Waals surface area (Å²) < 4.78 is 5.52. The molecule has 1 aromatic rings. The third-order valence-electron chi connectivity index (χ3n) is 2.75. The lowest BCUT2D eigenvalue weighted by Crippen LogP contribution is -2.29. The molecule has 1 atom stereocenters. The summed E-state index contributed by atoms with van der Waals surface area (Å²) in [6.45, 7) is 1.57. The summed E-state index contributed by atoms with van der Waals surface area (Å²) in [6, 6.07) is 0. The van der Waals surface area contributed by atoms with Gasteiger partial charge in [-0.05, 0) is 12.8 Å². The highest BCUT2D eigenvalue weighted by Gasteiger charge is 2.18. The van der Waals surface area contributed by atoms with E-state index in [1.54, 1.807) is 0 Å². The van der Waals surface area contributed by atoms with Crippen LogP contribution in [-0.2, 0) is 4.74 Å². The number of rotatable bonds is 4. The molecule has 1 N–H and O–H groups in total. The quantitative estimate of drug-likeness (QED) is 0.834. The minimum Gasteiger partial charge on any atom is -0.476 e. The van der Waals surface area contributed by atoms with Gasteiger partial charge in [0.2, 0.25) is 0 Å². The predicted octanol–water partition coefficient (Wildman–Crippen LogP) is 0.790. The Balaban J connectivity index is 1.98. The Morgan fingerprint density at radius 1 is 1.59 bits per heavy atom. The van der Waals surface area contributed by atoms with E-state index in [4.69, 9.17) is 9.84 Å². The highest BCUT2D eigenvalue weighted by molar-refractivity contribution is 5.84. The molecular formula is C11H15N3O3. The van der Waals surface area contributed by atoms with E-state index in [0.717, 1.165) is 26.0 Å². The number of hydrogen-bond acceptors (Lipinski definition) is 5. The fourth-order valence-electron chi connectivity index (χ4n) is 1.82. The summed E-state index contributed by atoms with van der Waals surface area (Å²) >= 11 is 0. The molecule has 0 aliphatic carbocycles. The van der Waals surface area contributed by atoms with Crippen molar-refractivity contribution in [3.8, 4) is 0 Å². The molecule has 1 aliphatic heterocycles. The van der Waals surface area contributed by atoms with E-state index in [9.17, 15) is 4.79 Å². The second-order valence-electron chi connectivity index (χ2n) is 4.08. The molecule has 6 nitrogen and oxygen atoms in total. The molecule has 0 saturated carbocycles. The van der Waals surface area contributed by atoms with Crippen LogP contribution in [0.5, 0.6) is 0 Å². The number of nitrogens with zero attached hydrogens (tertiary/aromatic N) is 3. The predicted molar refractivity (Wildman–Crippen MR) is 61.2 cm³/mol. The van der Waals surface area contributed by atoms with Crippen LogP contribution in [-0.4, -0.2) is 47.3 Å². The molecule has 0 amide bonds. The van der Waals surface area contributed by atoms with Crippen molar-refractivity contribution in [2.24, 2.45) is 0 Å². The topological polar surface area (TPSA) is 75.5 Å². The van der Waals surface area contributed by atoms with Crippen LogP contribution in [0, 0.1) is 0 Å². The number of likely N-dealkylation sites (N-methyl/N-ethyl adjacent to an activating group) is 1. The number of hydrogen-bond donors (Lipinski definition) is 1. The standard InChI is InChI=1S/C11H15N3O3/c1-14(7-8-3-2-4-17-8)10-6-12-9(5-13-10)11(15)16/h5-6,8H,2-4,7H2,1H3,(H,15,16). The van der Waals surface area contributed by atoms with Crippen LogP contribution in [0.3, 0.4) is 0 Å². The summed E-state index contributed by atoms with van der Waals surface area (Å²) in [5.74, 6) is -0.406. The first-order valence-corrected chi connectivity index (χ1v) is 5.55. The zero-order chi connectivity index (χ0) is 12.3. The molecule has 92 valence electrons. The second kappa shape index (κ2) is 5.09. The van der Waals surface area contributed by atoms with Crippen LogP contribution in [0.4, 0.5) is 5.82 Å². The molecule has 1 unspecified atom stereocenters. The van der Waals surface area contributed by atoms with Crippen LogP contribution < -0.4 is 4.90 Å². The van der Waals surface area contributed by atoms with E-state index < -0.39 is 5.97 Å². The Morgan fingerprint density at radius 2 is 2.41 bits per heavy atom. The molecule has 0 radical (unpaired) electrons. The zero-order valence-corrected chi connectivity index (χ0v) is 9.67. The monoisotopic (exact) mass is 237 g/mol. The van der Waals surface area contributed by atoms with Crippen LogP contribution in [0.1, 0.15) is 23.3 Å². The first-order valence-electron chi connectivity index (χ1n) is 5.55. The molecule has 2 rings (SSSR count). The highest BCUT2D eigenvalue weighted by atomic mass is 16.5. The Hall–Kier alpha value is -1.69. The third kappa shape index (κ3) is 2.91. The molecule has 0 bridgehead atoms. The highest BCUT2D eigenvalue weighted by Crippen LogP contribution is 2.15. The fraction of sp³-hybridized carbons (Fsp3) is 0.545. The fourth-order valence-corrected chi connectivity index (χ4v) is 1.82. The summed E-state index contributed by atoms with van der Waals surface area (Å²) in [5.41, 5.74) is -0.0423. The van der Waals surface area contributed by atoms with E-state index in [2.05, 4.69) is 9.97 Å². The number of carboxylic acids is 1. The molecular weight excluding hydrogens is 222 g/mol. The Bertz CT molecular complexity index is 387. The molecule has 2 heterocycles. The Kier molecular flexibility index (Phi) is 3.53. The van der Waals surface area contributed by atoms with Gasteiger partial charge in [0.15, 0.2) is 5.69 Å². The number of aromatic nitrogens is 2. The minimum atomic E-state index is -1.06. The smallest absolute Gasteiger partial charge is 0.356 e. The van der Waals surface area contributed by atoms with Gasteiger partial charge in [-0.1, -0.05) is 0 Å². The largest absolute Gasteiger partial charge is 0.476 e. The minimum absolute atomic E-state index is 0.0423. The molecule has 1 aliphatic rings. The van der Waals surface area contributed by atoms with Gasteiger partial charge in [0.1, 0.15) is 5.82 Å². The summed E-state index contributed by atoms with van der Waals surface area (Å²) in [4.78, 5) is 20.4. The van der Waals surface area contributed by atoms with Crippen molar-refractivity contribution in [2.45, 2.75) is 18.9 Å². The number of carbonyl (C=O) groups is 1. The lowest BCUT2D eigenvalue weighted by atomic mass is 10.2. The van der Waals surface area contributed by atoms with Crippen molar-refractivity contribution >= 4 is 11.8 Å². The van der Waals surface area contributed by atoms with Crippen LogP contribution in [0.2, 0.25) is 0 Å². The van der Waals surface area contributed by atoms with Crippen molar-refractivity contribution < 1.29 is 14.6 Å². The summed E-state index contributed by atoms with van der Waals surface area (Å²) in [7, 11) is 1.89. The maximum absolute atomic E-state index is 10.6. The van der Waals surface area contributed by atoms with Gasteiger partial charge in [-0.25, -0.2) is 14.8 Å². The van der Waals surface area contributed by atoms with Gasteiger partial charge in [-0.3, -0.25) is 0 Å². The number of ether oxygens (including phenoxy) is 1. The van der Waals surface area contributed by atoms with Crippen molar-refractivity contribution in [2.75, 3.05) is 25.1 Å². The SMILES string of the molecule is CN(CC1CCCO1)c1cnc(C(=O)O)cn1. The molecule has 1 fully saturated rings. The molecule has 1 saturated heterocycles. The van der Waals surface area contributed by atoms with E-state index >= 15 is 0 Å². The lowest BCUT2D eigenvalue weighted by Gasteiger charge is -2.21. The maximum atomic E-state index is 10.6. The van der Waals surface area contributed by atoms with E-state index in [1.807, 2.05) is 11.9 Å². The summed E-state index contributed by atoms with van der Waals surface area (Å²) in [5, 5.41) is 8.71. The van der Waals surface area contributed by atoms with Gasteiger partial charge in [0.05, 0.1) is 18.5 Å². The van der Waals surface area contributed by atoms with Crippen molar-refractivity contribution in [1.29, 1.82) is 0 Å². The molecule has 1 aromatic heterocycles. The number of anilines is 1. The average Bonchev–Trinajstić information content (AvgIpc) is 2.82. The first kappa shape index (κ1) is 11.8. The number of aromatic carboxylic acids is 1. The van der Waals surface area contributed by atoms with Gasteiger partial charge >= 0.3 is 5.97 Å². The van der Waals surface area contributed by atoms with Gasteiger partial charge in [-0.2, -0.15) is 0 Å². The van der Waals surface area contributed by atoms with Crippen LogP contribution in [0.25, 0.3) is 0 Å². The second-order valence-corrected chi connectivity index (χ2v) is 4.08. The molecule has 0 aromatic carbocycles. The van der Waals surface area contributed by atoms with E-state index in [-0.39, 0.29) is 11.8 Å². The Labute approximate surface area is 99.2 Å². The normalized spacial score (nSPS) is 19.2. The van der Waals surface area contributed by atoms with E-state index in [0.29, 0.717) is 5.82 Å². The maximum Gasteiger partial charge on any atom is 0.356 e. The molecule has 0 spiro atoms. The van der Waals surface area contributed by atoms with E-state index in [1.165, 1.54) is 12.4 Å². The van der Waals surface area contributed by atoms with Gasteiger partial charge in [0, 0.05) is 20.2 Å². The van der Waals surface area contributed by atoms with Crippen molar-refractivity contribution in [3.05, 3.63) is 18.1 Å². The molecule has 17 heavy (non-hydrogen) atoms. The summed E-state index contributed by atoms with van der Waals surface area (Å²) in [6.07, 6.45) is 5.13. The van der Waals surface area contributed by atoms with Crippen molar-refractivity contribution in [1.82, 2.24) is 9.97 Å². The van der Waals surface area contributed by atoms with Crippen LogP contribution in [0.15, 0.2) is 12.4 Å². The average molecular weight is 237 g/mol. The Morgan fingerprint density at radius 3 is 2.94 bits per heavy atom. The van der Waals surface area contributed by atoms with Crippen molar-refractivity contribution in [3.63, 3.8) is 0 Å². The van der Waals surface area contributed by atoms with Gasteiger partial charge in [0.25, 0.3) is 0 Å². The number of carboxylic acid groups (broad SMARTS) is 1. The van der Waals surface area contributed by atoms with Crippen LogP contribution >= 0.6 is 0 Å². The third-order valence-corrected chi connectivity index (χ3v) is 2.75. The van der Waals surface area contributed by atoms with Gasteiger partial charge in [-0.15, -0.1) is 0 Å². The lowest BCUT2D eigenvalue weighted by molar-refractivity contribution is 0.0690. The zero-order valence-electron chi connectivity index (χ0n) is 9.67. The molecule has 6 heteroatoms. The van der Waals surface area contributed by atoms with Gasteiger partial charge < -0.3 is 14.7 Å². The first-order chi connectivity index (χ1) is 8.16.